The second-order valence-electron chi connectivity index (χ2n) is 11.0. The fourth-order valence-corrected chi connectivity index (χ4v) is 5.90. The molecule has 2 saturated heterocycles. The van der Waals surface area contributed by atoms with Crippen molar-refractivity contribution in [3.05, 3.63) is 60.3 Å². The highest BCUT2D eigenvalue weighted by Crippen LogP contribution is 2.39. The van der Waals surface area contributed by atoms with Crippen LogP contribution in [-0.2, 0) is 14.4 Å². The van der Waals surface area contributed by atoms with Gasteiger partial charge in [-0.3, -0.25) is 19.1 Å². The maximum Gasteiger partial charge on any atom is 0.321 e. The van der Waals surface area contributed by atoms with Crippen LogP contribution in [-0.4, -0.2) is 57.5 Å². The second-order valence-corrected chi connectivity index (χ2v) is 11.0. The van der Waals surface area contributed by atoms with Crippen LogP contribution in [0.4, 0.5) is 14.5 Å². The Morgan fingerprint density at radius 2 is 1.74 bits per heavy atom. The maximum atomic E-state index is 13.7. The minimum Gasteiger partial charge on any atom is -0.345 e. The lowest BCUT2D eigenvalue weighted by Gasteiger charge is -2.32. The summed E-state index contributed by atoms with van der Waals surface area (Å²) in [5.74, 6) is -4.70. The standard InChI is InChI=1S/C29H31F2N5O3/c1-29(30,31)28(39)33-23-16-25(37)35(26(23)18-5-3-2-4-6-18)22-9-10-24-20(15-22)17-32-36(24)21-11-13-34(14-12-21)27(38)19-7-8-19/h2-6,9-10,15,17,19,21,23,26H,7-8,11-14,16H2,1H3,(H,33,39)/t23-,26+/m0/s1. The second kappa shape index (κ2) is 9.73. The Bertz CT molecular complexity index is 1410. The van der Waals surface area contributed by atoms with Gasteiger partial charge in [-0.1, -0.05) is 30.3 Å². The lowest BCUT2D eigenvalue weighted by Crippen LogP contribution is -2.46. The summed E-state index contributed by atoms with van der Waals surface area (Å²) >= 11 is 0. The van der Waals surface area contributed by atoms with Gasteiger partial charge in [0, 0.05) is 43.4 Å². The Hall–Kier alpha value is -3.82. The molecular formula is C29H31F2N5O3. The molecule has 2 aromatic carbocycles. The number of piperidine rings is 1. The minimum atomic E-state index is -3.55. The van der Waals surface area contributed by atoms with Gasteiger partial charge in [0.25, 0.3) is 5.91 Å². The first kappa shape index (κ1) is 25.5. The monoisotopic (exact) mass is 535 g/mol. The number of fused-ring (bicyclic) bond motifs is 1. The SMILES string of the molecule is CC(F)(F)C(=O)N[C@H]1CC(=O)N(c2ccc3c(cnn3C3CCN(C(=O)C4CC4)CC3)c2)[C@@H]1c1ccccc1. The molecule has 8 nitrogen and oxygen atoms in total. The number of nitrogens with zero attached hydrogens (tertiary/aromatic N) is 4. The Morgan fingerprint density at radius 1 is 1.03 bits per heavy atom. The van der Waals surface area contributed by atoms with Crippen molar-refractivity contribution in [2.75, 3.05) is 18.0 Å². The third kappa shape index (κ3) is 4.88. The third-order valence-corrected chi connectivity index (χ3v) is 8.08. The molecule has 10 heteroatoms. The predicted molar refractivity (Wildman–Crippen MR) is 141 cm³/mol. The van der Waals surface area contributed by atoms with Crippen molar-refractivity contribution in [2.24, 2.45) is 5.92 Å². The lowest BCUT2D eigenvalue weighted by molar-refractivity contribution is -0.143. The lowest BCUT2D eigenvalue weighted by atomic mass is 9.99. The molecule has 1 aliphatic carbocycles. The Morgan fingerprint density at radius 3 is 2.41 bits per heavy atom. The highest BCUT2D eigenvalue weighted by Gasteiger charge is 2.45. The van der Waals surface area contributed by atoms with E-state index in [1.54, 1.807) is 11.1 Å². The summed E-state index contributed by atoms with van der Waals surface area (Å²) in [5.41, 5.74) is 2.30. The van der Waals surface area contributed by atoms with E-state index in [9.17, 15) is 23.2 Å². The molecule has 0 radical (unpaired) electrons. The molecule has 1 saturated carbocycles. The summed E-state index contributed by atoms with van der Waals surface area (Å²) in [5, 5.41) is 7.92. The quantitative estimate of drug-likeness (QED) is 0.512. The van der Waals surface area contributed by atoms with E-state index in [0.29, 0.717) is 12.6 Å². The first-order valence-electron chi connectivity index (χ1n) is 13.5. The Labute approximate surface area is 224 Å². The van der Waals surface area contributed by atoms with Crippen LogP contribution in [0.1, 0.15) is 56.7 Å². The van der Waals surface area contributed by atoms with Gasteiger partial charge in [0.1, 0.15) is 0 Å². The minimum absolute atomic E-state index is 0.0865. The highest BCUT2D eigenvalue weighted by molar-refractivity contribution is 6.00. The zero-order valence-electron chi connectivity index (χ0n) is 21.7. The predicted octanol–water partition coefficient (Wildman–Crippen LogP) is 4.23. The van der Waals surface area contributed by atoms with Crippen LogP contribution >= 0.6 is 0 Å². The largest absolute Gasteiger partial charge is 0.345 e. The van der Waals surface area contributed by atoms with E-state index >= 15 is 0 Å². The molecule has 3 amide bonds. The Kier molecular flexibility index (Phi) is 6.35. The van der Waals surface area contributed by atoms with Gasteiger partial charge < -0.3 is 15.1 Å². The number of alkyl halides is 2. The molecule has 3 aromatic rings. The fourth-order valence-electron chi connectivity index (χ4n) is 5.90. The number of carbonyl (C=O) groups excluding carboxylic acids is 3. The molecule has 1 N–H and O–H groups in total. The summed E-state index contributed by atoms with van der Waals surface area (Å²) in [7, 11) is 0. The Balaban J connectivity index is 1.26. The molecule has 0 bridgehead atoms. The number of hydrogen-bond acceptors (Lipinski definition) is 4. The molecule has 2 atom stereocenters. The molecule has 204 valence electrons. The smallest absolute Gasteiger partial charge is 0.321 e. The van der Waals surface area contributed by atoms with Crippen molar-refractivity contribution >= 4 is 34.3 Å². The average Bonchev–Trinajstić information content (AvgIpc) is 3.61. The normalized spacial score (nSPS) is 22.5. The van der Waals surface area contributed by atoms with Gasteiger partial charge in [-0.2, -0.15) is 13.9 Å². The van der Waals surface area contributed by atoms with E-state index in [-0.39, 0.29) is 30.2 Å². The molecule has 6 rings (SSSR count). The summed E-state index contributed by atoms with van der Waals surface area (Å²) in [6.45, 7) is 2.00. The first-order valence-corrected chi connectivity index (χ1v) is 13.5. The fraction of sp³-hybridized carbons (Fsp3) is 0.448. The van der Waals surface area contributed by atoms with Crippen LogP contribution in [0, 0.1) is 5.92 Å². The van der Waals surface area contributed by atoms with Crippen LogP contribution < -0.4 is 10.2 Å². The molecule has 3 heterocycles. The summed E-state index contributed by atoms with van der Waals surface area (Å²) in [4.78, 5) is 41.4. The van der Waals surface area contributed by atoms with Crippen LogP contribution in [0.5, 0.6) is 0 Å². The van der Waals surface area contributed by atoms with Crippen LogP contribution in [0.2, 0.25) is 0 Å². The third-order valence-electron chi connectivity index (χ3n) is 8.08. The van der Waals surface area contributed by atoms with Crippen molar-refractivity contribution < 1.29 is 23.2 Å². The van der Waals surface area contributed by atoms with Crippen molar-refractivity contribution in [2.45, 2.75) is 63.1 Å². The zero-order valence-corrected chi connectivity index (χ0v) is 21.7. The number of anilines is 1. The molecule has 0 spiro atoms. The maximum absolute atomic E-state index is 13.7. The van der Waals surface area contributed by atoms with Crippen molar-refractivity contribution in [3.63, 3.8) is 0 Å². The van der Waals surface area contributed by atoms with Crippen molar-refractivity contribution in [1.29, 1.82) is 0 Å². The molecule has 3 fully saturated rings. The number of amides is 3. The van der Waals surface area contributed by atoms with E-state index in [1.807, 2.05) is 58.1 Å². The van der Waals surface area contributed by atoms with E-state index in [0.717, 1.165) is 55.2 Å². The van der Waals surface area contributed by atoms with Crippen molar-refractivity contribution in [1.82, 2.24) is 20.0 Å². The number of benzene rings is 2. The molecule has 0 unspecified atom stereocenters. The average molecular weight is 536 g/mol. The van der Waals surface area contributed by atoms with E-state index in [1.165, 1.54) is 0 Å². The van der Waals surface area contributed by atoms with Gasteiger partial charge in [0.05, 0.1) is 29.8 Å². The van der Waals surface area contributed by atoms with Gasteiger partial charge in [-0.15, -0.1) is 0 Å². The van der Waals surface area contributed by atoms with E-state index in [2.05, 4.69) is 10.4 Å². The number of aromatic nitrogens is 2. The van der Waals surface area contributed by atoms with Gasteiger partial charge in [-0.25, -0.2) is 0 Å². The number of carbonyl (C=O) groups is 3. The van der Waals surface area contributed by atoms with Crippen LogP contribution in [0.25, 0.3) is 10.9 Å². The molecule has 2 aliphatic heterocycles. The topological polar surface area (TPSA) is 87.5 Å². The van der Waals surface area contributed by atoms with Gasteiger partial charge in [-0.05, 0) is 49.4 Å². The van der Waals surface area contributed by atoms with Crippen LogP contribution in [0.15, 0.2) is 54.7 Å². The summed E-state index contributed by atoms with van der Waals surface area (Å²) in [6, 6.07) is 13.5. The van der Waals surface area contributed by atoms with Gasteiger partial charge in [0.15, 0.2) is 0 Å². The molecule has 39 heavy (non-hydrogen) atoms. The van der Waals surface area contributed by atoms with Gasteiger partial charge in [0.2, 0.25) is 11.8 Å². The first-order chi connectivity index (χ1) is 18.7. The highest BCUT2D eigenvalue weighted by atomic mass is 19.3. The van der Waals surface area contributed by atoms with Crippen molar-refractivity contribution in [3.8, 4) is 0 Å². The number of halogens is 2. The van der Waals surface area contributed by atoms with E-state index in [4.69, 9.17) is 0 Å². The number of nitrogens with one attached hydrogen (secondary N) is 1. The number of likely N-dealkylation sites (tertiary alicyclic amines) is 1. The molecular weight excluding hydrogens is 504 g/mol. The number of rotatable bonds is 6. The summed E-state index contributed by atoms with van der Waals surface area (Å²) < 4.78 is 29.4. The molecule has 3 aliphatic rings. The van der Waals surface area contributed by atoms with E-state index < -0.39 is 23.9 Å². The van der Waals surface area contributed by atoms with Gasteiger partial charge >= 0.3 is 5.92 Å². The van der Waals surface area contributed by atoms with Crippen LogP contribution in [0.3, 0.4) is 0 Å². The number of hydrogen-bond donors (Lipinski definition) is 1. The molecule has 1 aromatic heterocycles. The zero-order chi connectivity index (χ0) is 27.3. The summed E-state index contributed by atoms with van der Waals surface area (Å²) in [6.07, 6.45) is 5.37.